The molecule has 2 bridgehead atoms. The lowest BCUT2D eigenvalue weighted by Gasteiger charge is -2.69. The number of amides is 2. The number of hydrogen-bond acceptors (Lipinski definition) is 3. The van der Waals surface area contributed by atoms with E-state index in [9.17, 15) is 14.0 Å². The van der Waals surface area contributed by atoms with Crippen molar-refractivity contribution in [1.82, 2.24) is 10.2 Å². The van der Waals surface area contributed by atoms with Crippen molar-refractivity contribution < 1.29 is 18.7 Å². The van der Waals surface area contributed by atoms with Crippen molar-refractivity contribution in [3.63, 3.8) is 0 Å². The summed E-state index contributed by atoms with van der Waals surface area (Å²) in [4.78, 5) is 27.7. The number of nitrogens with one attached hydrogen (secondary N) is 1. The molecule has 1 aliphatic heterocycles. The van der Waals surface area contributed by atoms with Gasteiger partial charge in [0.05, 0.1) is 16.9 Å². The highest BCUT2D eigenvalue weighted by atomic mass is 35.5. The highest BCUT2D eigenvalue weighted by Crippen LogP contribution is 2.68. The molecule has 5 saturated carbocycles. The molecule has 0 aromatic rings. The molecule has 1 heterocycles. The number of hydrogen-bond donors (Lipinski definition) is 1. The molecule has 0 radical (unpaired) electrons. The summed E-state index contributed by atoms with van der Waals surface area (Å²) in [5.41, 5.74) is -0.485. The molecule has 6 fully saturated rings. The van der Waals surface area contributed by atoms with Gasteiger partial charge in [-0.1, -0.05) is 0 Å². The summed E-state index contributed by atoms with van der Waals surface area (Å²) in [6.07, 6.45) is 8.17. The summed E-state index contributed by atoms with van der Waals surface area (Å²) in [6, 6.07) is 0. The lowest BCUT2D eigenvalue weighted by atomic mass is 9.39. The smallest absolute Gasteiger partial charge is 0.246 e. The lowest BCUT2D eigenvalue weighted by molar-refractivity contribution is -0.193. The molecular weight excluding hydrogens is 454 g/mol. The first kappa shape index (κ1) is 23.2. The van der Waals surface area contributed by atoms with Gasteiger partial charge >= 0.3 is 0 Å². The molecule has 0 aromatic heterocycles. The Morgan fingerprint density at radius 3 is 2.41 bits per heavy atom. The molecule has 0 spiro atoms. The van der Waals surface area contributed by atoms with E-state index in [-0.39, 0.29) is 36.0 Å². The number of carbonyl (C=O) groups excluding carboxylic acids is 2. The van der Waals surface area contributed by atoms with Gasteiger partial charge in [0.25, 0.3) is 0 Å². The average Bonchev–Trinajstić information content (AvgIpc) is 3.21. The van der Waals surface area contributed by atoms with Gasteiger partial charge < -0.3 is 15.0 Å². The summed E-state index contributed by atoms with van der Waals surface area (Å²) < 4.78 is 19.4. The van der Waals surface area contributed by atoms with Crippen molar-refractivity contribution >= 4 is 35.0 Å². The minimum absolute atomic E-state index is 0.0502. The molecule has 4 unspecified atom stereocenters. The molecule has 180 valence electrons. The predicted octanol–water partition coefficient (Wildman–Crippen LogP) is 4.19. The van der Waals surface area contributed by atoms with Crippen LogP contribution in [0.5, 0.6) is 0 Å². The van der Waals surface area contributed by atoms with E-state index in [2.05, 4.69) is 10.2 Å². The van der Waals surface area contributed by atoms with E-state index < -0.39 is 11.5 Å². The number of halogens is 3. The molecular formula is C24H35Cl2FN2O3. The third kappa shape index (κ3) is 4.40. The zero-order valence-electron chi connectivity index (χ0n) is 18.7. The molecule has 6 rings (SSSR count). The average molecular weight is 489 g/mol. The zero-order chi connectivity index (χ0) is 22.5. The van der Waals surface area contributed by atoms with Gasteiger partial charge in [0.1, 0.15) is 12.8 Å². The summed E-state index contributed by atoms with van der Waals surface area (Å²) >= 11 is 12.2. The van der Waals surface area contributed by atoms with Crippen LogP contribution in [0.4, 0.5) is 4.39 Å². The third-order valence-electron chi connectivity index (χ3n) is 8.86. The monoisotopic (exact) mass is 488 g/mol. The fourth-order valence-electron chi connectivity index (χ4n) is 7.11. The van der Waals surface area contributed by atoms with Gasteiger partial charge in [-0.15, -0.1) is 23.2 Å². The van der Waals surface area contributed by atoms with E-state index >= 15 is 0 Å². The van der Waals surface area contributed by atoms with E-state index in [1.54, 1.807) is 0 Å². The second kappa shape index (κ2) is 8.88. The molecule has 5 nitrogen and oxygen atoms in total. The maximum absolute atomic E-state index is 13.7. The topological polar surface area (TPSA) is 58.6 Å². The first-order valence-corrected chi connectivity index (χ1v) is 13.3. The van der Waals surface area contributed by atoms with Gasteiger partial charge in [0.2, 0.25) is 11.8 Å². The van der Waals surface area contributed by atoms with Crippen molar-refractivity contribution in [3.8, 4) is 0 Å². The Labute approximate surface area is 200 Å². The van der Waals surface area contributed by atoms with E-state index in [1.165, 1.54) is 12.8 Å². The second-order valence-electron chi connectivity index (χ2n) is 11.2. The van der Waals surface area contributed by atoms with E-state index in [0.29, 0.717) is 36.0 Å². The van der Waals surface area contributed by atoms with Crippen molar-refractivity contribution in [2.75, 3.05) is 19.7 Å². The maximum atomic E-state index is 13.7. The Morgan fingerprint density at radius 1 is 1.00 bits per heavy atom. The summed E-state index contributed by atoms with van der Waals surface area (Å²) in [6.45, 7) is 1.72. The Hall–Kier alpha value is -0.590. The van der Waals surface area contributed by atoms with Gasteiger partial charge in [-0.2, -0.15) is 0 Å². The van der Waals surface area contributed by atoms with Crippen molar-refractivity contribution in [3.05, 3.63) is 0 Å². The molecule has 6 aliphatic rings. The Morgan fingerprint density at radius 2 is 1.72 bits per heavy atom. The van der Waals surface area contributed by atoms with Gasteiger partial charge in [0.15, 0.2) is 0 Å². The van der Waals surface area contributed by atoms with Crippen LogP contribution >= 0.6 is 23.2 Å². The van der Waals surface area contributed by atoms with Crippen LogP contribution in [0.1, 0.15) is 70.6 Å². The number of ether oxygens (including phenoxy) is 1. The number of likely N-dealkylation sites (tertiary alicyclic amines) is 1. The van der Waals surface area contributed by atoms with E-state index in [0.717, 1.165) is 51.6 Å². The van der Waals surface area contributed by atoms with Crippen LogP contribution in [0.15, 0.2) is 0 Å². The summed E-state index contributed by atoms with van der Waals surface area (Å²) in [5, 5.41) is 2.98. The largest absolute Gasteiger partial charge is 0.368 e. The first-order chi connectivity index (χ1) is 15.3. The fraction of sp³-hybridized carbons (Fsp3) is 0.917. The summed E-state index contributed by atoms with van der Waals surface area (Å²) in [7, 11) is 0. The van der Waals surface area contributed by atoms with Gasteiger partial charge in [-0.25, -0.2) is 4.39 Å². The molecule has 2 amide bonds. The van der Waals surface area contributed by atoms with Crippen molar-refractivity contribution in [2.45, 2.75) is 99.2 Å². The Balaban J connectivity index is 1.03. The number of rotatable bonds is 6. The zero-order valence-corrected chi connectivity index (χ0v) is 20.2. The second-order valence-corrected chi connectivity index (χ2v) is 12.4. The predicted molar refractivity (Wildman–Crippen MR) is 122 cm³/mol. The number of carbonyl (C=O) groups is 2. The quantitative estimate of drug-likeness (QED) is 0.570. The Kier molecular flexibility index (Phi) is 6.43. The Bertz CT molecular complexity index is 725. The molecule has 0 aromatic carbocycles. The van der Waals surface area contributed by atoms with Crippen LogP contribution in [0.3, 0.4) is 0 Å². The fourth-order valence-corrected chi connectivity index (χ4v) is 7.59. The normalized spacial score (nSPS) is 45.7. The highest BCUT2D eigenvalue weighted by molar-refractivity contribution is 6.21. The maximum Gasteiger partial charge on any atom is 0.246 e. The SMILES string of the molecule is O=C(COC1CCC(Cl)C(F)C1)NC12CC(C(=O)N3CCC(C4CCC(Cl)CC4)C3)(C1)C2. The molecule has 8 heteroatoms. The van der Waals surface area contributed by atoms with Crippen LogP contribution in [0.25, 0.3) is 0 Å². The van der Waals surface area contributed by atoms with Crippen molar-refractivity contribution in [2.24, 2.45) is 17.3 Å². The molecule has 1 N–H and O–H groups in total. The molecule has 32 heavy (non-hydrogen) atoms. The first-order valence-electron chi connectivity index (χ1n) is 12.4. The third-order valence-corrected chi connectivity index (χ3v) is 9.79. The van der Waals surface area contributed by atoms with Crippen LogP contribution in [0, 0.1) is 17.3 Å². The van der Waals surface area contributed by atoms with Gasteiger partial charge in [-0.05, 0) is 76.0 Å². The number of nitrogens with zero attached hydrogens (tertiary/aromatic N) is 1. The minimum atomic E-state index is -1.07. The standard InChI is InChI=1S/C24H35Cl2FN2O3/c25-17-3-1-15(2-4-17)16-7-8-29(10-16)22(31)23-12-24(13-23,14-23)28-21(30)11-32-18-5-6-19(26)20(27)9-18/h15-20H,1-14H2,(H,28,30). The van der Waals surface area contributed by atoms with Crippen LogP contribution in [-0.4, -0.2) is 65.0 Å². The van der Waals surface area contributed by atoms with Gasteiger partial charge in [0, 0.05) is 30.4 Å². The lowest BCUT2D eigenvalue weighted by Crippen LogP contribution is -2.78. The van der Waals surface area contributed by atoms with Crippen molar-refractivity contribution in [1.29, 1.82) is 0 Å². The molecule has 1 saturated heterocycles. The molecule has 4 atom stereocenters. The van der Waals surface area contributed by atoms with Crippen LogP contribution in [-0.2, 0) is 14.3 Å². The molecule has 5 aliphatic carbocycles. The van der Waals surface area contributed by atoms with Gasteiger partial charge in [-0.3, -0.25) is 9.59 Å². The highest BCUT2D eigenvalue weighted by Gasteiger charge is 2.72. The van der Waals surface area contributed by atoms with E-state index in [4.69, 9.17) is 27.9 Å². The summed E-state index contributed by atoms with van der Waals surface area (Å²) in [5.74, 6) is 1.48. The number of alkyl halides is 3. The van der Waals surface area contributed by atoms with E-state index in [1.807, 2.05) is 0 Å². The van der Waals surface area contributed by atoms with Crippen LogP contribution in [0.2, 0.25) is 0 Å². The minimum Gasteiger partial charge on any atom is -0.368 e. The van der Waals surface area contributed by atoms with Crippen LogP contribution < -0.4 is 5.32 Å².